The van der Waals surface area contributed by atoms with Crippen molar-refractivity contribution in [2.75, 3.05) is 13.6 Å². The highest BCUT2D eigenvalue weighted by molar-refractivity contribution is 7.10. The van der Waals surface area contributed by atoms with Gasteiger partial charge in [-0.1, -0.05) is 17.7 Å². The SMILES string of the molecule is CC(c1cccs1)N(C)C(CN)c1cc(Cl)cs1. The second-order valence-corrected chi connectivity index (χ2v) is 6.63. The first kappa shape index (κ1) is 14.0. The Balaban J connectivity index is 2.17. The standard InChI is InChI=1S/C13H17ClN2S2/c1-9(12-4-3-5-17-12)16(2)11(7-15)13-6-10(14)8-18-13/h3-6,8-9,11H,7,15H2,1-2H3. The van der Waals surface area contributed by atoms with E-state index in [0.29, 0.717) is 12.6 Å². The quantitative estimate of drug-likeness (QED) is 0.898. The van der Waals surface area contributed by atoms with Crippen molar-refractivity contribution in [1.29, 1.82) is 0 Å². The summed E-state index contributed by atoms with van der Waals surface area (Å²) in [6.07, 6.45) is 0. The first-order valence-corrected chi connectivity index (χ1v) is 7.96. The van der Waals surface area contributed by atoms with Crippen molar-refractivity contribution >= 4 is 34.3 Å². The van der Waals surface area contributed by atoms with E-state index in [1.165, 1.54) is 9.75 Å². The van der Waals surface area contributed by atoms with E-state index in [1.54, 1.807) is 22.7 Å². The first-order chi connectivity index (χ1) is 8.63. The van der Waals surface area contributed by atoms with Gasteiger partial charge in [0.15, 0.2) is 0 Å². The van der Waals surface area contributed by atoms with Gasteiger partial charge in [-0.15, -0.1) is 22.7 Å². The minimum absolute atomic E-state index is 0.222. The number of likely N-dealkylation sites (N-methyl/N-ethyl adjacent to an activating group) is 1. The molecule has 5 heteroatoms. The van der Waals surface area contributed by atoms with E-state index >= 15 is 0 Å². The van der Waals surface area contributed by atoms with Crippen LogP contribution in [0.1, 0.15) is 28.8 Å². The zero-order chi connectivity index (χ0) is 13.1. The van der Waals surface area contributed by atoms with E-state index in [-0.39, 0.29) is 6.04 Å². The molecular weight excluding hydrogens is 284 g/mol. The molecule has 2 atom stereocenters. The summed E-state index contributed by atoms with van der Waals surface area (Å²) < 4.78 is 0. The van der Waals surface area contributed by atoms with E-state index < -0.39 is 0 Å². The number of halogens is 1. The van der Waals surface area contributed by atoms with E-state index in [9.17, 15) is 0 Å². The molecule has 0 spiro atoms. The Bertz CT molecular complexity index is 481. The lowest BCUT2D eigenvalue weighted by Crippen LogP contribution is -2.31. The van der Waals surface area contributed by atoms with Gasteiger partial charge in [-0.05, 0) is 31.5 Å². The molecule has 2 heterocycles. The molecule has 2 nitrogen and oxygen atoms in total. The highest BCUT2D eigenvalue weighted by Gasteiger charge is 2.23. The van der Waals surface area contributed by atoms with Crippen molar-refractivity contribution in [3.05, 3.63) is 43.7 Å². The molecule has 2 unspecified atom stereocenters. The minimum atomic E-state index is 0.222. The highest BCUT2D eigenvalue weighted by atomic mass is 35.5. The van der Waals surface area contributed by atoms with Crippen molar-refractivity contribution < 1.29 is 0 Å². The second-order valence-electron chi connectivity index (χ2n) is 4.28. The molecule has 0 radical (unpaired) electrons. The predicted octanol–water partition coefficient (Wildman–Crippen LogP) is 4.16. The number of hydrogen-bond donors (Lipinski definition) is 1. The third-order valence-electron chi connectivity index (χ3n) is 3.20. The van der Waals surface area contributed by atoms with Gasteiger partial charge in [-0.3, -0.25) is 4.90 Å². The summed E-state index contributed by atoms with van der Waals surface area (Å²) in [5.41, 5.74) is 5.93. The van der Waals surface area contributed by atoms with Gasteiger partial charge in [0.1, 0.15) is 0 Å². The van der Waals surface area contributed by atoms with E-state index in [4.69, 9.17) is 17.3 Å². The summed E-state index contributed by atoms with van der Waals surface area (Å²) >= 11 is 9.46. The molecule has 2 aromatic heterocycles. The molecular formula is C13H17ClN2S2. The molecule has 0 aliphatic heterocycles. The smallest absolute Gasteiger partial charge is 0.0567 e. The molecule has 0 fully saturated rings. The van der Waals surface area contributed by atoms with E-state index in [2.05, 4.69) is 36.4 Å². The maximum atomic E-state index is 6.00. The molecule has 98 valence electrons. The molecule has 0 saturated carbocycles. The monoisotopic (exact) mass is 300 g/mol. The summed E-state index contributed by atoms with van der Waals surface area (Å²) in [5, 5.41) is 4.87. The van der Waals surface area contributed by atoms with Gasteiger partial charge in [-0.2, -0.15) is 0 Å². The van der Waals surface area contributed by atoms with Crippen LogP contribution in [0.2, 0.25) is 5.02 Å². The van der Waals surface area contributed by atoms with Crippen LogP contribution in [0.25, 0.3) is 0 Å². The highest BCUT2D eigenvalue weighted by Crippen LogP contribution is 2.34. The summed E-state index contributed by atoms with van der Waals surface area (Å²) in [6.45, 7) is 2.81. The Hall–Kier alpha value is -0.390. The maximum Gasteiger partial charge on any atom is 0.0567 e. The topological polar surface area (TPSA) is 29.3 Å². The molecule has 0 saturated heterocycles. The van der Waals surface area contributed by atoms with Crippen LogP contribution in [-0.4, -0.2) is 18.5 Å². The van der Waals surface area contributed by atoms with Crippen LogP contribution >= 0.6 is 34.3 Å². The third kappa shape index (κ3) is 2.95. The van der Waals surface area contributed by atoms with E-state index in [0.717, 1.165) is 5.02 Å². The van der Waals surface area contributed by atoms with Crippen molar-refractivity contribution in [1.82, 2.24) is 4.90 Å². The van der Waals surface area contributed by atoms with Gasteiger partial charge in [0.2, 0.25) is 0 Å². The van der Waals surface area contributed by atoms with Crippen molar-refractivity contribution in [2.45, 2.75) is 19.0 Å². The summed E-state index contributed by atoms with van der Waals surface area (Å²) in [5.74, 6) is 0. The van der Waals surface area contributed by atoms with Crippen LogP contribution in [0.15, 0.2) is 29.0 Å². The molecule has 0 aliphatic rings. The van der Waals surface area contributed by atoms with Crippen LogP contribution in [-0.2, 0) is 0 Å². The fourth-order valence-electron chi connectivity index (χ4n) is 1.99. The lowest BCUT2D eigenvalue weighted by molar-refractivity contribution is 0.195. The first-order valence-electron chi connectivity index (χ1n) is 5.82. The number of rotatable bonds is 5. The number of nitrogens with two attached hydrogens (primary N) is 1. The molecule has 2 rings (SSSR count). The minimum Gasteiger partial charge on any atom is -0.329 e. The Morgan fingerprint density at radius 3 is 2.67 bits per heavy atom. The predicted molar refractivity (Wildman–Crippen MR) is 81.6 cm³/mol. The molecule has 0 aliphatic carbocycles. The van der Waals surface area contributed by atoms with Gasteiger partial charge < -0.3 is 5.73 Å². The van der Waals surface area contributed by atoms with E-state index in [1.807, 2.05) is 11.4 Å². The molecule has 0 bridgehead atoms. The Morgan fingerprint density at radius 2 is 2.17 bits per heavy atom. The normalized spacial score (nSPS) is 14.9. The third-order valence-corrected chi connectivity index (χ3v) is 5.62. The van der Waals surface area contributed by atoms with Crippen LogP contribution in [0, 0.1) is 0 Å². The summed E-state index contributed by atoms with van der Waals surface area (Å²) in [6, 6.07) is 6.85. The lowest BCUT2D eigenvalue weighted by atomic mass is 10.1. The Labute approximate surface area is 121 Å². The molecule has 2 N–H and O–H groups in total. The molecule has 18 heavy (non-hydrogen) atoms. The fourth-order valence-corrected chi connectivity index (χ4v) is 4.07. The maximum absolute atomic E-state index is 6.00. The van der Waals surface area contributed by atoms with Gasteiger partial charge in [-0.25, -0.2) is 0 Å². The van der Waals surface area contributed by atoms with Gasteiger partial charge in [0.25, 0.3) is 0 Å². The number of hydrogen-bond acceptors (Lipinski definition) is 4. The average molecular weight is 301 g/mol. The summed E-state index contributed by atoms with van der Waals surface area (Å²) in [7, 11) is 2.12. The van der Waals surface area contributed by atoms with Crippen molar-refractivity contribution in [2.24, 2.45) is 5.73 Å². The van der Waals surface area contributed by atoms with Gasteiger partial charge in [0.05, 0.1) is 11.1 Å². The lowest BCUT2D eigenvalue weighted by Gasteiger charge is -2.31. The number of nitrogens with zero attached hydrogens (tertiary/aromatic N) is 1. The number of thiophene rings is 2. The van der Waals surface area contributed by atoms with Crippen LogP contribution < -0.4 is 5.73 Å². The zero-order valence-electron chi connectivity index (χ0n) is 10.5. The van der Waals surface area contributed by atoms with Crippen LogP contribution in [0.4, 0.5) is 0 Å². The zero-order valence-corrected chi connectivity index (χ0v) is 12.9. The Kier molecular flexibility index (Phi) is 4.81. The molecule has 0 aromatic carbocycles. The van der Waals surface area contributed by atoms with Crippen molar-refractivity contribution in [3.8, 4) is 0 Å². The van der Waals surface area contributed by atoms with Crippen LogP contribution in [0.3, 0.4) is 0 Å². The Morgan fingerprint density at radius 1 is 1.39 bits per heavy atom. The summed E-state index contributed by atoms with van der Waals surface area (Å²) in [4.78, 5) is 4.90. The molecule has 0 amide bonds. The van der Waals surface area contributed by atoms with Crippen LogP contribution in [0.5, 0.6) is 0 Å². The molecule has 2 aromatic rings. The fraction of sp³-hybridized carbons (Fsp3) is 0.385. The van der Waals surface area contributed by atoms with Gasteiger partial charge in [0, 0.05) is 27.7 Å². The van der Waals surface area contributed by atoms with Crippen molar-refractivity contribution in [3.63, 3.8) is 0 Å². The van der Waals surface area contributed by atoms with Gasteiger partial charge >= 0.3 is 0 Å². The largest absolute Gasteiger partial charge is 0.329 e. The second kappa shape index (κ2) is 6.17. The average Bonchev–Trinajstić information content (AvgIpc) is 3.00.